The van der Waals surface area contributed by atoms with Crippen molar-refractivity contribution in [1.29, 1.82) is 0 Å². The summed E-state index contributed by atoms with van der Waals surface area (Å²) in [5.41, 5.74) is 8.22. The molecule has 5 heteroatoms. The Balaban J connectivity index is 2.20. The van der Waals surface area contributed by atoms with Crippen LogP contribution in [0.15, 0.2) is 48.7 Å². The molecule has 2 aromatic carbocycles. The van der Waals surface area contributed by atoms with Crippen LogP contribution in [0.1, 0.15) is 11.8 Å². The number of nitrogens with zero attached hydrogens (tertiary/aromatic N) is 1. The van der Waals surface area contributed by atoms with Gasteiger partial charge in [0.25, 0.3) is 0 Å². The Bertz CT molecular complexity index is 835. The van der Waals surface area contributed by atoms with Gasteiger partial charge >= 0.3 is 0 Å². The number of aromatic nitrogens is 1. The van der Waals surface area contributed by atoms with Gasteiger partial charge in [0.1, 0.15) is 17.9 Å². The number of aliphatic hydroxyl groups excluding tert-OH is 1. The average Bonchev–Trinajstić information content (AvgIpc) is 2.54. The third kappa shape index (κ3) is 2.52. The van der Waals surface area contributed by atoms with Crippen molar-refractivity contribution in [3.8, 4) is 11.1 Å². The van der Waals surface area contributed by atoms with Crippen LogP contribution in [0.4, 0.5) is 10.2 Å². The normalized spacial score (nSPS) is 12.5. The van der Waals surface area contributed by atoms with Crippen LogP contribution in [-0.4, -0.2) is 17.1 Å². The summed E-state index contributed by atoms with van der Waals surface area (Å²) in [6.07, 6.45) is 0.733. The molecule has 4 N–H and O–H groups in total. The summed E-state index contributed by atoms with van der Waals surface area (Å²) in [5.74, 6) is 0.0864. The minimum Gasteiger partial charge on any atom is -0.383 e. The van der Waals surface area contributed by atoms with Gasteiger partial charge in [-0.25, -0.2) is 9.37 Å². The summed E-state index contributed by atoms with van der Waals surface area (Å²) in [4.78, 5) is 4.13. The van der Waals surface area contributed by atoms with Crippen molar-refractivity contribution in [2.75, 3.05) is 12.8 Å². The number of hydrogen-bond donors (Lipinski definition) is 3. The maximum Gasteiger partial charge on any atom is 0.132 e. The Kier molecular flexibility index (Phi) is 3.75. The maximum absolute atomic E-state index is 13.4. The third-order valence-electron chi connectivity index (χ3n) is 3.68. The Morgan fingerprint density at radius 2 is 1.91 bits per heavy atom. The number of aliphatic hydroxyl groups is 1. The molecular formula is C17H16FN3O. The van der Waals surface area contributed by atoms with E-state index >= 15 is 0 Å². The van der Waals surface area contributed by atoms with Crippen molar-refractivity contribution in [1.82, 2.24) is 10.3 Å². The van der Waals surface area contributed by atoms with Crippen LogP contribution in [0.5, 0.6) is 0 Å². The van der Waals surface area contributed by atoms with Crippen molar-refractivity contribution in [3.63, 3.8) is 0 Å². The molecule has 0 fully saturated rings. The summed E-state index contributed by atoms with van der Waals surface area (Å²) in [5, 5.41) is 14.3. The van der Waals surface area contributed by atoms with E-state index in [-0.39, 0.29) is 5.82 Å². The quantitative estimate of drug-likeness (QED) is 0.650. The number of nitrogens with two attached hydrogens (primary N) is 1. The minimum atomic E-state index is -0.824. The molecule has 0 saturated heterocycles. The van der Waals surface area contributed by atoms with Gasteiger partial charge in [-0.05, 0) is 41.8 Å². The summed E-state index contributed by atoms with van der Waals surface area (Å²) in [7, 11) is 1.66. The van der Waals surface area contributed by atoms with Gasteiger partial charge in [-0.1, -0.05) is 24.3 Å². The molecule has 22 heavy (non-hydrogen) atoms. The Hall–Kier alpha value is -2.50. The van der Waals surface area contributed by atoms with E-state index < -0.39 is 6.23 Å². The zero-order valence-electron chi connectivity index (χ0n) is 12.0. The Morgan fingerprint density at radius 1 is 1.14 bits per heavy atom. The fourth-order valence-electron chi connectivity index (χ4n) is 2.51. The smallest absolute Gasteiger partial charge is 0.132 e. The lowest BCUT2D eigenvalue weighted by atomic mass is 9.99. The van der Waals surface area contributed by atoms with E-state index in [1.54, 1.807) is 19.3 Å². The first-order valence-electron chi connectivity index (χ1n) is 6.89. The molecule has 0 aliphatic rings. The number of fused-ring (bicyclic) bond motifs is 1. The monoisotopic (exact) mass is 297 g/mol. The summed E-state index contributed by atoms with van der Waals surface area (Å²) in [6.45, 7) is 0. The second-order valence-electron chi connectivity index (χ2n) is 5.06. The molecule has 4 nitrogen and oxygen atoms in total. The number of hydrogen-bond acceptors (Lipinski definition) is 4. The fourth-order valence-corrected chi connectivity index (χ4v) is 2.51. The topological polar surface area (TPSA) is 71.2 Å². The van der Waals surface area contributed by atoms with Crippen LogP contribution in [0.25, 0.3) is 21.9 Å². The predicted octanol–water partition coefficient (Wildman–Crippen LogP) is 2.83. The lowest BCUT2D eigenvalue weighted by molar-refractivity contribution is 0.150. The molecule has 112 valence electrons. The van der Waals surface area contributed by atoms with Crippen LogP contribution >= 0.6 is 0 Å². The standard InChI is InChI=1S/C17H16FN3O/c1-20-17(22)15-9-21-16(19)14-8-11(5-6-13(14)15)10-3-2-4-12(18)7-10/h2-9,17,20,22H,1H3,(H2,19,21). The van der Waals surface area contributed by atoms with E-state index in [0.29, 0.717) is 11.4 Å². The van der Waals surface area contributed by atoms with E-state index in [1.807, 2.05) is 24.3 Å². The summed E-state index contributed by atoms with van der Waals surface area (Å²) in [6, 6.07) is 12.0. The van der Waals surface area contributed by atoms with Crippen LogP contribution in [0, 0.1) is 5.82 Å². The zero-order valence-corrected chi connectivity index (χ0v) is 12.0. The van der Waals surface area contributed by atoms with Crippen molar-refractivity contribution in [3.05, 3.63) is 60.0 Å². The van der Waals surface area contributed by atoms with Gasteiger partial charge in [-0.3, -0.25) is 5.32 Å². The fraction of sp³-hybridized carbons (Fsp3) is 0.118. The number of benzene rings is 2. The van der Waals surface area contributed by atoms with Gasteiger partial charge < -0.3 is 10.8 Å². The third-order valence-corrected chi connectivity index (χ3v) is 3.68. The van der Waals surface area contributed by atoms with Crippen LogP contribution in [0.3, 0.4) is 0 Å². The Labute approximate surface area is 127 Å². The number of anilines is 1. The summed E-state index contributed by atoms with van der Waals surface area (Å²) < 4.78 is 13.4. The molecule has 0 spiro atoms. The molecule has 3 aromatic rings. The van der Waals surface area contributed by atoms with Crippen molar-refractivity contribution in [2.45, 2.75) is 6.23 Å². The molecule has 1 unspecified atom stereocenters. The van der Waals surface area contributed by atoms with Crippen LogP contribution in [0.2, 0.25) is 0 Å². The van der Waals surface area contributed by atoms with Gasteiger partial charge in [-0.2, -0.15) is 0 Å². The number of rotatable bonds is 3. The molecule has 1 atom stereocenters. The second-order valence-corrected chi connectivity index (χ2v) is 5.06. The first-order valence-corrected chi connectivity index (χ1v) is 6.89. The van der Waals surface area contributed by atoms with E-state index in [1.165, 1.54) is 12.1 Å². The lowest BCUT2D eigenvalue weighted by Crippen LogP contribution is -2.16. The highest BCUT2D eigenvalue weighted by atomic mass is 19.1. The van der Waals surface area contributed by atoms with Gasteiger partial charge in [0.2, 0.25) is 0 Å². The lowest BCUT2D eigenvalue weighted by Gasteiger charge is -2.14. The number of pyridine rings is 1. The molecule has 0 saturated carbocycles. The first-order chi connectivity index (χ1) is 10.6. The highest BCUT2D eigenvalue weighted by Gasteiger charge is 2.12. The molecule has 0 bridgehead atoms. The molecule has 1 aromatic heterocycles. The maximum atomic E-state index is 13.4. The number of nitrogens with one attached hydrogen (secondary N) is 1. The number of nitrogen functional groups attached to an aromatic ring is 1. The highest BCUT2D eigenvalue weighted by molar-refractivity contribution is 5.96. The zero-order chi connectivity index (χ0) is 15.7. The van der Waals surface area contributed by atoms with Gasteiger partial charge in [0.05, 0.1) is 0 Å². The molecule has 0 aliphatic heterocycles. The molecule has 1 heterocycles. The first kappa shape index (κ1) is 14.4. The predicted molar refractivity (Wildman–Crippen MR) is 85.6 cm³/mol. The largest absolute Gasteiger partial charge is 0.383 e. The van der Waals surface area contributed by atoms with Gasteiger partial charge in [0, 0.05) is 17.1 Å². The van der Waals surface area contributed by atoms with Crippen molar-refractivity contribution in [2.24, 2.45) is 0 Å². The highest BCUT2D eigenvalue weighted by Crippen LogP contribution is 2.30. The van der Waals surface area contributed by atoms with E-state index in [9.17, 15) is 9.50 Å². The average molecular weight is 297 g/mol. The minimum absolute atomic E-state index is 0.289. The number of halogens is 1. The van der Waals surface area contributed by atoms with Crippen molar-refractivity contribution >= 4 is 16.6 Å². The Morgan fingerprint density at radius 3 is 2.64 bits per heavy atom. The SMILES string of the molecule is CNC(O)c1cnc(N)c2cc(-c3cccc(F)c3)ccc12. The molecule has 0 radical (unpaired) electrons. The summed E-state index contributed by atoms with van der Waals surface area (Å²) >= 11 is 0. The van der Waals surface area contributed by atoms with E-state index in [0.717, 1.165) is 21.9 Å². The molecule has 0 aliphatic carbocycles. The molecular weight excluding hydrogens is 281 g/mol. The molecule has 0 amide bonds. The second kappa shape index (κ2) is 5.71. The van der Waals surface area contributed by atoms with Crippen molar-refractivity contribution < 1.29 is 9.50 Å². The van der Waals surface area contributed by atoms with E-state index in [2.05, 4.69) is 10.3 Å². The van der Waals surface area contributed by atoms with Crippen LogP contribution < -0.4 is 11.1 Å². The van der Waals surface area contributed by atoms with Gasteiger partial charge in [0.15, 0.2) is 0 Å². The van der Waals surface area contributed by atoms with Gasteiger partial charge in [-0.15, -0.1) is 0 Å². The molecule has 3 rings (SSSR count). The van der Waals surface area contributed by atoms with E-state index in [4.69, 9.17) is 5.73 Å². The van der Waals surface area contributed by atoms with Crippen LogP contribution in [-0.2, 0) is 0 Å².